The SMILES string of the molecule is O=C1Cc2ccc(C(=O)Nc3cc(F)cc(F)c3)cc2N1. The number of hydrogen-bond acceptors (Lipinski definition) is 2. The highest BCUT2D eigenvalue weighted by atomic mass is 19.1. The van der Waals surface area contributed by atoms with Crippen LogP contribution in [0.25, 0.3) is 0 Å². The molecule has 3 rings (SSSR count). The van der Waals surface area contributed by atoms with Crippen LogP contribution in [0.5, 0.6) is 0 Å². The zero-order chi connectivity index (χ0) is 15.0. The van der Waals surface area contributed by atoms with E-state index in [1.165, 1.54) is 6.07 Å². The van der Waals surface area contributed by atoms with Gasteiger partial charge in [-0.05, 0) is 29.8 Å². The van der Waals surface area contributed by atoms with Crippen LogP contribution >= 0.6 is 0 Å². The number of nitrogens with one attached hydrogen (secondary N) is 2. The maximum absolute atomic E-state index is 13.1. The van der Waals surface area contributed by atoms with E-state index < -0.39 is 17.5 Å². The average molecular weight is 288 g/mol. The number of carbonyl (C=O) groups excluding carboxylic acids is 2. The van der Waals surface area contributed by atoms with Crippen LogP contribution in [0.15, 0.2) is 36.4 Å². The van der Waals surface area contributed by atoms with Crippen LogP contribution in [0, 0.1) is 11.6 Å². The molecule has 1 heterocycles. The summed E-state index contributed by atoms with van der Waals surface area (Å²) in [4.78, 5) is 23.3. The molecule has 0 saturated carbocycles. The van der Waals surface area contributed by atoms with Gasteiger partial charge in [-0.15, -0.1) is 0 Å². The number of carbonyl (C=O) groups is 2. The Morgan fingerprint density at radius 1 is 1.10 bits per heavy atom. The largest absolute Gasteiger partial charge is 0.326 e. The summed E-state index contributed by atoms with van der Waals surface area (Å²) in [5.74, 6) is -2.18. The van der Waals surface area contributed by atoms with Crippen LogP contribution in [0.1, 0.15) is 15.9 Å². The van der Waals surface area contributed by atoms with Crippen LogP contribution in [0.4, 0.5) is 20.2 Å². The Balaban J connectivity index is 1.83. The smallest absolute Gasteiger partial charge is 0.255 e. The van der Waals surface area contributed by atoms with E-state index in [4.69, 9.17) is 0 Å². The van der Waals surface area contributed by atoms with E-state index in [1.54, 1.807) is 12.1 Å². The molecule has 2 N–H and O–H groups in total. The molecule has 0 fully saturated rings. The van der Waals surface area contributed by atoms with Gasteiger partial charge in [-0.2, -0.15) is 0 Å². The lowest BCUT2D eigenvalue weighted by Gasteiger charge is -2.07. The lowest BCUT2D eigenvalue weighted by atomic mass is 10.1. The average Bonchev–Trinajstić information content (AvgIpc) is 2.76. The lowest BCUT2D eigenvalue weighted by Crippen LogP contribution is -2.12. The standard InChI is InChI=1S/C15H10F2N2O2/c16-10-5-11(17)7-12(6-10)18-15(21)9-2-1-8-4-14(20)19-13(8)3-9/h1-3,5-7H,4H2,(H,18,21)(H,19,20). The summed E-state index contributed by atoms with van der Waals surface area (Å²) in [6.07, 6.45) is 0.284. The van der Waals surface area contributed by atoms with E-state index in [0.717, 1.165) is 23.8 Å². The van der Waals surface area contributed by atoms with Gasteiger partial charge in [-0.25, -0.2) is 8.78 Å². The van der Waals surface area contributed by atoms with Crippen molar-refractivity contribution in [2.45, 2.75) is 6.42 Å². The molecule has 0 aromatic heterocycles. The zero-order valence-electron chi connectivity index (χ0n) is 10.7. The van der Waals surface area contributed by atoms with Crippen molar-refractivity contribution < 1.29 is 18.4 Å². The van der Waals surface area contributed by atoms with Gasteiger partial charge in [0.15, 0.2) is 0 Å². The fraction of sp³-hybridized carbons (Fsp3) is 0.0667. The third kappa shape index (κ3) is 2.74. The number of benzene rings is 2. The zero-order valence-corrected chi connectivity index (χ0v) is 10.7. The summed E-state index contributed by atoms with van der Waals surface area (Å²) in [5.41, 5.74) is 1.72. The monoisotopic (exact) mass is 288 g/mol. The van der Waals surface area contributed by atoms with Crippen LogP contribution in [-0.2, 0) is 11.2 Å². The van der Waals surface area contributed by atoms with Gasteiger partial charge in [0.25, 0.3) is 5.91 Å². The van der Waals surface area contributed by atoms with E-state index in [0.29, 0.717) is 11.3 Å². The minimum Gasteiger partial charge on any atom is -0.326 e. The fourth-order valence-electron chi connectivity index (χ4n) is 2.18. The number of hydrogen-bond donors (Lipinski definition) is 2. The first-order chi connectivity index (χ1) is 10.0. The highest BCUT2D eigenvalue weighted by Gasteiger charge is 2.19. The van der Waals surface area contributed by atoms with Gasteiger partial charge in [0.1, 0.15) is 11.6 Å². The molecule has 0 unspecified atom stereocenters. The van der Waals surface area contributed by atoms with E-state index in [9.17, 15) is 18.4 Å². The molecule has 2 amide bonds. The molecule has 0 spiro atoms. The molecule has 21 heavy (non-hydrogen) atoms. The topological polar surface area (TPSA) is 58.2 Å². The lowest BCUT2D eigenvalue weighted by molar-refractivity contribution is -0.115. The predicted octanol–water partition coefficient (Wildman–Crippen LogP) is 2.71. The summed E-state index contributed by atoms with van der Waals surface area (Å²) < 4.78 is 26.1. The second-order valence-electron chi connectivity index (χ2n) is 4.71. The Hall–Kier alpha value is -2.76. The van der Waals surface area contributed by atoms with Crippen LogP contribution in [-0.4, -0.2) is 11.8 Å². The first-order valence-corrected chi connectivity index (χ1v) is 6.21. The van der Waals surface area contributed by atoms with Gasteiger partial charge < -0.3 is 10.6 Å². The third-order valence-corrected chi connectivity index (χ3v) is 3.12. The molecule has 0 aliphatic carbocycles. The Labute approximate surface area is 118 Å². The highest BCUT2D eigenvalue weighted by molar-refractivity contribution is 6.07. The van der Waals surface area contributed by atoms with E-state index in [2.05, 4.69) is 10.6 Å². The summed E-state index contributed by atoms with van der Waals surface area (Å²) >= 11 is 0. The molecule has 0 radical (unpaired) electrons. The van der Waals surface area contributed by atoms with Crippen molar-refractivity contribution in [2.24, 2.45) is 0 Å². The van der Waals surface area contributed by atoms with Crippen LogP contribution in [0.2, 0.25) is 0 Å². The number of halogens is 2. The maximum atomic E-state index is 13.1. The van der Waals surface area contributed by atoms with Gasteiger partial charge in [-0.1, -0.05) is 6.07 Å². The molecule has 0 bridgehead atoms. The molecule has 6 heteroatoms. The van der Waals surface area contributed by atoms with Crippen molar-refractivity contribution in [2.75, 3.05) is 10.6 Å². The molecular formula is C15H10F2N2O2. The van der Waals surface area contributed by atoms with Crippen LogP contribution in [0.3, 0.4) is 0 Å². The minimum atomic E-state index is -0.772. The third-order valence-electron chi connectivity index (χ3n) is 3.12. The Bertz CT molecular complexity index is 739. The van der Waals surface area contributed by atoms with Crippen molar-refractivity contribution >= 4 is 23.2 Å². The Morgan fingerprint density at radius 2 is 1.81 bits per heavy atom. The fourth-order valence-corrected chi connectivity index (χ4v) is 2.18. The second-order valence-corrected chi connectivity index (χ2v) is 4.71. The molecule has 0 atom stereocenters. The normalized spacial score (nSPS) is 12.8. The molecule has 106 valence electrons. The van der Waals surface area contributed by atoms with Crippen molar-refractivity contribution in [3.05, 3.63) is 59.2 Å². The second kappa shape index (κ2) is 4.97. The van der Waals surface area contributed by atoms with Gasteiger partial charge in [-0.3, -0.25) is 9.59 Å². The Kier molecular flexibility index (Phi) is 3.13. The number of fused-ring (bicyclic) bond motifs is 1. The predicted molar refractivity (Wildman–Crippen MR) is 73.1 cm³/mol. The van der Waals surface area contributed by atoms with Crippen molar-refractivity contribution in [3.8, 4) is 0 Å². The quantitative estimate of drug-likeness (QED) is 0.892. The molecular weight excluding hydrogens is 278 g/mol. The summed E-state index contributed by atoms with van der Waals surface area (Å²) in [6.45, 7) is 0. The minimum absolute atomic E-state index is 0.0297. The Morgan fingerprint density at radius 3 is 2.52 bits per heavy atom. The van der Waals surface area contributed by atoms with E-state index in [1.807, 2.05) is 0 Å². The van der Waals surface area contributed by atoms with Gasteiger partial charge in [0, 0.05) is 23.0 Å². The molecule has 0 saturated heterocycles. The maximum Gasteiger partial charge on any atom is 0.255 e. The summed E-state index contributed by atoms with van der Waals surface area (Å²) in [6, 6.07) is 7.54. The van der Waals surface area contributed by atoms with Crippen molar-refractivity contribution in [1.29, 1.82) is 0 Å². The first-order valence-electron chi connectivity index (χ1n) is 6.21. The molecule has 1 aliphatic heterocycles. The number of anilines is 2. The van der Waals surface area contributed by atoms with Crippen molar-refractivity contribution in [3.63, 3.8) is 0 Å². The van der Waals surface area contributed by atoms with Gasteiger partial charge >= 0.3 is 0 Å². The van der Waals surface area contributed by atoms with Crippen molar-refractivity contribution in [1.82, 2.24) is 0 Å². The molecule has 2 aromatic carbocycles. The van der Waals surface area contributed by atoms with Gasteiger partial charge in [0.2, 0.25) is 5.91 Å². The number of rotatable bonds is 2. The molecule has 4 nitrogen and oxygen atoms in total. The molecule has 2 aromatic rings. The summed E-state index contributed by atoms with van der Waals surface area (Å²) in [5, 5.41) is 5.05. The first kappa shape index (κ1) is 13.2. The highest BCUT2D eigenvalue weighted by Crippen LogP contribution is 2.24. The molecule has 1 aliphatic rings. The van der Waals surface area contributed by atoms with Crippen LogP contribution < -0.4 is 10.6 Å². The summed E-state index contributed by atoms with van der Waals surface area (Å²) in [7, 11) is 0. The van der Waals surface area contributed by atoms with Gasteiger partial charge in [0.05, 0.1) is 6.42 Å². The number of amides is 2. The van der Waals surface area contributed by atoms with E-state index in [-0.39, 0.29) is 18.0 Å². The van der Waals surface area contributed by atoms with E-state index >= 15 is 0 Å².